The molecule has 18 heavy (non-hydrogen) atoms. The molecule has 1 amide bonds. The van der Waals surface area contributed by atoms with Crippen LogP contribution in [0.1, 0.15) is 20.8 Å². The van der Waals surface area contributed by atoms with Crippen molar-refractivity contribution in [1.29, 1.82) is 0 Å². The number of carbonyl (C=O) groups excluding carboxylic acids is 1. The van der Waals surface area contributed by atoms with E-state index in [4.69, 9.17) is 0 Å². The van der Waals surface area contributed by atoms with Crippen molar-refractivity contribution in [3.05, 3.63) is 29.6 Å². The lowest BCUT2D eigenvalue weighted by Crippen LogP contribution is -2.41. The van der Waals surface area contributed by atoms with Gasteiger partial charge < -0.3 is 10.6 Å². The van der Waals surface area contributed by atoms with E-state index in [-0.39, 0.29) is 17.8 Å². The quantitative estimate of drug-likeness (QED) is 0.819. The largest absolute Gasteiger partial charge is 0.322 e. The van der Waals surface area contributed by atoms with E-state index >= 15 is 0 Å². The Hall–Kier alpha value is -1.56. The second-order valence-electron chi connectivity index (χ2n) is 4.90. The Kier molecular flexibility index (Phi) is 4.34. The Bertz CT molecular complexity index is 455. The van der Waals surface area contributed by atoms with E-state index in [2.05, 4.69) is 10.6 Å². The summed E-state index contributed by atoms with van der Waals surface area (Å²) in [7, 11) is 0. The van der Waals surface area contributed by atoms with Crippen molar-refractivity contribution < 1.29 is 18.0 Å². The van der Waals surface area contributed by atoms with Crippen LogP contribution in [-0.4, -0.2) is 18.0 Å². The number of carbonyl (C=O) groups is 1. The van der Waals surface area contributed by atoms with Gasteiger partial charge in [-0.3, -0.25) is 4.79 Å². The first kappa shape index (κ1) is 14.5. The van der Waals surface area contributed by atoms with Gasteiger partial charge in [0, 0.05) is 17.7 Å². The highest BCUT2D eigenvalue weighted by Crippen LogP contribution is 2.18. The van der Waals surface area contributed by atoms with E-state index < -0.39 is 23.4 Å². The van der Waals surface area contributed by atoms with Crippen LogP contribution in [0.3, 0.4) is 0 Å². The van der Waals surface area contributed by atoms with Crippen molar-refractivity contribution in [1.82, 2.24) is 5.32 Å². The molecule has 1 rings (SSSR count). The van der Waals surface area contributed by atoms with Crippen molar-refractivity contribution in [3.63, 3.8) is 0 Å². The molecule has 0 saturated heterocycles. The van der Waals surface area contributed by atoms with Gasteiger partial charge in [0.05, 0.1) is 12.2 Å². The summed E-state index contributed by atoms with van der Waals surface area (Å²) < 4.78 is 38.8. The first-order valence-corrected chi connectivity index (χ1v) is 5.38. The van der Waals surface area contributed by atoms with E-state index in [0.717, 1.165) is 0 Å². The molecule has 0 aliphatic rings. The maximum absolute atomic E-state index is 13.2. The summed E-state index contributed by atoms with van der Waals surface area (Å²) in [6.07, 6.45) is 0. The van der Waals surface area contributed by atoms with Crippen LogP contribution < -0.4 is 10.6 Å². The lowest BCUT2D eigenvalue weighted by molar-refractivity contribution is -0.115. The van der Waals surface area contributed by atoms with Gasteiger partial charge in [-0.2, -0.15) is 0 Å². The minimum absolute atomic E-state index is 0.0536. The van der Waals surface area contributed by atoms with Gasteiger partial charge in [-0.05, 0) is 20.8 Å². The van der Waals surface area contributed by atoms with E-state index in [1.165, 1.54) is 0 Å². The van der Waals surface area contributed by atoms with Gasteiger partial charge in [-0.25, -0.2) is 13.2 Å². The Labute approximate surface area is 103 Å². The summed E-state index contributed by atoms with van der Waals surface area (Å²) in [6, 6.07) is 1.00. The second kappa shape index (κ2) is 5.39. The fourth-order valence-corrected chi connectivity index (χ4v) is 1.16. The molecule has 0 saturated carbocycles. The molecule has 0 unspecified atom stereocenters. The highest BCUT2D eigenvalue weighted by molar-refractivity contribution is 5.92. The first-order chi connectivity index (χ1) is 8.19. The second-order valence-corrected chi connectivity index (χ2v) is 4.90. The van der Waals surface area contributed by atoms with Gasteiger partial charge in [-0.15, -0.1) is 0 Å². The van der Waals surface area contributed by atoms with Crippen LogP contribution in [0.5, 0.6) is 0 Å². The van der Waals surface area contributed by atoms with E-state index in [9.17, 15) is 18.0 Å². The van der Waals surface area contributed by atoms with Crippen molar-refractivity contribution in [3.8, 4) is 0 Å². The summed E-state index contributed by atoms with van der Waals surface area (Å²) in [5, 5.41) is 5.05. The minimum Gasteiger partial charge on any atom is -0.322 e. The SMILES string of the molecule is CC(C)(C)NCC(=O)Nc1cc(F)c(F)cc1F. The van der Waals surface area contributed by atoms with Crippen LogP contribution in [0.15, 0.2) is 12.1 Å². The Balaban J connectivity index is 2.68. The molecule has 0 aromatic heterocycles. The number of halogens is 3. The van der Waals surface area contributed by atoms with Crippen molar-refractivity contribution in [2.24, 2.45) is 0 Å². The number of anilines is 1. The predicted octanol–water partition coefficient (Wildman–Crippen LogP) is 2.43. The molecule has 100 valence electrons. The number of nitrogens with one attached hydrogen (secondary N) is 2. The van der Waals surface area contributed by atoms with Crippen LogP contribution in [0.25, 0.3) is 0 Å². The summed E-state index contributed by atoms with van der Waals surface area (Å²) in [5.41, 5.74) is -0.654. The van der Waals surface area contributed by atoms with E-state index in [0.29, 0.717) is 12.1 Å². The Morgan fingerprint density at radius 2 is 1.67 bits per heavy atom. The topological polar surface area (TPSA) is 41.1 Å². The number of benzene rings is 1. The molecule has 3 nitrogen and oxygen atoms in total. The van der Waals surface area contributed by atoms with Crippen LogP contribution in [0.2, 0.25) is 0 Å². The van der Waals surface area contributed by atoms with Gasteiger partial charge >= 0.3 is 0 Å². The van der Waals surface area contributed by atoms with Crippen LogP contribution in [0.4, 0.5) is 18.9 Å². The minimum atomic E-state index is -1.29. The molecule has 0 atom stereocenters. The molecular weight excluding hydrogens is 245 g/mol. The van der Waals surface area contributed by atoms with Crippen molar-refractivity contribution >= 4 is 11.6 Å². The number of hydrogen-bond acceptors (Lipinski definition) is 2. The van der Waals surface area contributed by atoms with E-state index in [1.54, 1.807) is 0 Å². The molecule has 0 spiro atoms. The average Bonchev–Trinajstić information content (AvgIpc) is 2.22. The van der Waals surface area contributed by atoms with Gasteiger partial charge in [0.1, 0.15) is 5.82 Å². The van der Waals surface area contributed by atoms with Crippen LogP contribution in [-0.2, 0) is 4.79 Å². The smallest absolute Gasteiger partial charge is 0.238 e. The van der Waals surface area contributed by atoms with E-state index in [1.807, 2.05) is 20.8 Å². The third-order valence-corrected chi connectivity index (χ3v) is 2.06. The highest BCUT2D eigenvalue weighted by atomic mass is 19.2. The van der Waals surface area contributed by atoms with Crippen LogP contribution in [0, 0.1) is 17.5 Å². The molecule has 0 bridgehead atoms. The summed E-state index contributed by atoms with van der Waals surface area (Å²) in [5.74, 6) is -4.05. The maximum atomic E-state index is 13.2. The first-order valence-electron chi connectivity index (χ1n) is 5.38. The van der Waals surface area contributed by atoms with Gasteiger partial charge in [0.15, 0.2) is 11.6 Å². The van der Waals surface area contributed by atoms with Crippen LogP contribution >= 0.6 is 0 Å². The number of hydrogen-bond donors (Lipinski definition) is 2. The fraction of sp³-hybridized carbons (Fsp3) is 0.417. The van der Waals surface area contributed by atoms with Crippen molar-refractivity contribution in [2.45, 2.75) is 26.3 Å². The third kappa shape index (κ3) is 4.37. The number of amides is 1. The Morgan fingerprint density at radius 3 is 2.22 bits per heavy atom. The highest BCUT2D eigenvalue weighted by Gasteiger charge is 2.14. The summed E-state index contributed by atoms with van der Waals surface area (Å²) in [4.78, 5) is 11.5. The maximum Gasteiger partial charge on any atom is 0.238 e. The number of rotatable bonds is 3. The molecule has 2 N–H and O–H groups in total. The molecule has 0 heterocycles. The molecule has 1 aromatic rings. The van der Waals surface area contributed by atoms with Gasteiger partial charge in [-0.1, -0.05) is 0 Å². The standard InChI is InChI=1S/C12H15F3N2O/c1-12(2,3)16-6-11(18)17-10-5-8(14)7(13)4-9(10)15/h4-5,16H,6H2,1-3H3,(H,17,18). The monoisotopic (exact) mass is 260 g/mol. The molecule has 6 heteroatoms. The zero-order chi connectivity index (χ0) is 13.9. The van der Waals surface area contributed by atoms with Gasteiger partial charge in [0.2, 0.25) is 5.91 Å². The summed E-state index contributed by atoms with van der Waals surface area (Å²) in [6.45, 7) is 5.53. The molecule has 0 fully saturated rings. The zero-order valence-corrected chi connectivity index (χ0v) is 10.4. The lowest BCUT2D eigenvalue weighted by atomic mass is 10.1. The molecule has 0 radical (unpaired) electrons. The Morgan fingerprint density at radius 1 is 1.11 bits per heavy atom. The van der Waals surface area contributed by atoms with Gasteiger partial charge in [0.25, 0.3) is 0 Å². The molecule has 1 aromatic carbocycles. The third-order valence-electron chi connectivity index (χ3n) is 2.06. The fourth-order valence-electron chi connectivity index (χ4n) is 1.16. The summed E-state index contributed by atoms with van der Waals surface area (Å²) >= 11 is 0. The molecule has 0 aliphatic carbocycles. The predicted molar refractivity (Wildman–Crippen MR) is 62.7 cm³/mol. The normalized spacial score (nSPS) is 11.4. The lowest BCUT2D eigenvalue weighted by Gasteiger charge is -2.20. The zero-order valence-electron chi connectivity index (χ0n) is 10.4. The molecular formula is C12H15F3N2O. The average molecular weight is 260 g/mol. The molecule has 0 aliphatic heterocycles. The van der Waals surface area contributed by atoms with Crippen molar-refractivity contribution in [2.75, 3.05) is 11.9 Å².